The molecule has 0 amide bonds. The van der Waals surface area contributed by atoms with Gasteiger partial charge in [-0.1, -0.05) is 30.3 Å². The summed E-state index contributed by atoms with van der Waals surface area (Å²) in [5.74, 6) is -0.193. The number of carbonyl (C=O) groups is 1. The molecule has 2 fully saturated rings. The van der Waals surface area contributed by atoms with E-state index in [0.717, 1.165) is 6.42 Å². The van der Waals surface area contributed by atoms with Crippen molar-refractivity contribution < 1.29 is 14.3 Å². The van der Waals surface area contributed by atoms with Crippen LogP contribution < -0.4 is 10.9 Å². The van der Waals surface area contributed by atoms with Gasteiger partial charge in [0.15, 0.2) is 0 Å². The topological polar surface area (TPSA) is 59.6 Å². The molecule has 2 heterocycles. The predicted molar refractivity (Wildman–Crippen MR) is 69.2 cm³/mol. The predicted octanol–water partition coefficient (Wildman–Crippen LogP) is 0.926. The SMILES string of the molecule is O=C(O[C@H]1CCOC1)C1CC(c2ccccc2)NN1. The molecule has 19 heavy (non-hydrogen) atoms. The summed E-state index contributed by atoms with van der Waals surface area (Å²) in [7, 11) is 0. The molecule has 0 radical (unpaired) electrons. The molecule has 2 aliphatic rings. The average Bonchev–Trinajstić information content (AvgIpc) is 3.10. The summed E-state index contributed by atoms with van der Waals surface area (Å²) >= 11 is 0. The quantitative estimate of drug-likeness (QED) is 0.793. The van der Waals surface area contributed by atoms with Gasteiger partial charge in [-0.15, -0.1) is 0 Å². The van der Waals surface area contributed by atoms with E-state index in [0.29, 0.717) is 19.6 Å². The minimum absolute atomic E-state index is 0.0786. The van der Waals surface area contributed by atoms with Crippen molar-refractivity contribution in [2.75, 3.05) is 13.2 Å². The van der Waals surface area contributed by atoms with Crippen LogP contribution in [0, 0.1) is 0 Å². The summed E-state index contributed by atoms with van der Waals surface area (Å²) in [5.41, 5.74) is 7.34. The molecule has 2 unspecified atom stereocenters. The van der Waals surface area contributed by atoms with Crippen molar-refractivity contribution >= 4 is 5.97 Å². The summed E-state index contributed by atoms with van der Waals surface area (Å²) < 4.78 is 10.6. The molecule has 2 N–H and O–H groups in total. The van der Waals surface area contributed by atoms with Gasteiger partial charge in [0.25, 0.3) is 0 Å². The lowest BCUT2D eigenvalue weighted by molar-refractivity contribution is -0.151. The van der Waals surface area contributed by atoms with Gasteiger partial charge in [-0.05, 0) is 12.0 Å². The number of esters is 1. The van der Waals surface area contributed by atoms with Crippen molar-refractivity contribution in [2.24, 2.45) is 0 Å². The van der Waals surface area contributed by atoms with Gasteiger partial charge in [0.05, 0.1) is 13.2 Å². The van der Waals surface area contributed by atoms with Crippen LogP contribution in [0.3, 0.4) is 0 Å². The number of nitrogens with one attached hydrogen (secondary N) is 2. The zero-order valence-electron chi connectivity index (χ0n) is 10.7. The van der Waals surface area contributed by atoms with E-state index in [2.05, 4.69) is 23.0 Å². The standard InChI is InChI=1S/C14H18N2O3/c17-14(19-11-6-7-18-9-11)13-8-12(15-16-13)10-4-2-1-3-5-10/h1-5,11-13,15-16H,6-9H2/t11-,12?,13?/m0/s1. The summed E-state index contributed by atoms with van der Waals surface area (Å²) in [6.45, 7) is 1.20. The molecule has 1 aromatic carbocycles. The molecule has 5 nitrogen and oxygen atoms in total. The maximum Gasteiger partial charge on any atom is 0.324 e. The Labute approximate surface area is 112 Å². The number of ether oxygens (including phenoxy) is 2. The molecule has 0 spiro atoms. The molecule has 0 aromatic heterocycles. The number of rotatable bonds is 3. The van der Waals surface area contributed by atoms with Crippen molar-refractivity contribution in [3.63, 3.8) is 0 Å². The van der Waals surface area contributed by atoms with Crippen LogP contribution in [0.5, 0.6) is 0 Å². The Bertz CT molecular complexity index is 432. The van der Waals surface area contributed by atoms with E-state index < -0.39 is 0 Å². The molecule has 3 rings (SSSR count). The van der Waals surface area contributed by atoms with Gasteiger partial charge in [-0.2, -0.15) is 0 Å². The highest BCUT2D eigenvalue weighted by molar-refractivity contribution is 5.76. The van der Waals surface area contributed by atoms with E-state index in [4.69, 9.17) is 9.47 Å². The molecule has 3 atom stereocenters. The molecule has 2 aliphatic heterocycles. The van der Waals surface area contributed by atoms with Gasteiger partial charge in [-0.3, -0.25) is 4.79 Å². The van der Waals surface area contributed by atoms with Crippen molar-refractivity contribution in [3.8, 4) is 0 Å². The fourth-order valence-corrected chi connectivity index (χ4v) is 2.47. The molecule has 0 aliphatic carbocycles. The van der Waals surface area contributed by atoms with Crippen LogP contribution in [0.25, 0.3) is 0 Å². The lowest BCUT2D eigenvalue weighted by atomic mass is 10.0. The fourth-order valence-electron chi connectivity index (χ4n) is 2.47. The van der Waals surface area contributed by atoms with Crippen LogP contribution in [0.2, 0.25) is 0 Å². The zero-order chi connectivity index (χ0) is 13.1. The Morgan fingerprint density at radius 2 is 2.11 bits per heavy atom. The third kappa shape index (κ3) is 2.94. The highest BCUT2D eigenvalue weighted by atomic mass is 16.6. The molecule has 0 bridgehead atoms. The third-order valence-electron chi connectivity index (χ3n) is 3.56. The highest BCUT2D eigenvalue weighted by Gasteiger charge is 2.33. The molecular weight excluding hydrogens is 244 g/mol. The second-order valence-corrected chi connectivity index (χ2v) is 4.96. The van der Waals surface area contributed by atoms with Gasteiger partial charge in [-0.25, -0.2) is 10.9 Å². The minimum Gasteiger partial charge on any atom is -0.459 e. The summed E-state index contributed by atoms with van der Waals surface area (Å²) in [4.78, 5) is 12.0. The van der Waals surface area contributed by atoms with Gasteiger partial charge < -0.3 is 9.47 Å². The van der Waals surface area contributed by atoms with E-state index in [9.17, 15) is 4.79 Å². The summed E-state index contributed by atoms with van der Waals surface area (Å²) in [5, 5.41) is 0. The van der Waals surface area contributed by atoms with Crippen molar-refractivity contribution in [1.82, 2.24) is 10.9 Å². The minimum atomic E-state index is -0.286. The maximum absolute atomic E-state index is 12.0. The first-order chi connectivity index (χ1) is 9.33. The maximum atomic E-state index is 12.0. The van der Waals surface area contributed by atoms with Crippen LogP contribution in [-0.2, 0) is 14.3 Å². The van der Waals surface area contributed by atoms with Gasteiger partial charge in [0.2, 0.25) is 0 Å². The van der Waals surface area contributed by atoms with Crippen LogP contribution >= 0.6 is 0 Å². The normalized spacial score (nSPS) is 30.4. The number of carbonyl (C=O) groups excluding carboxylic acids is 1. The first-order valence-corrected chi connectivity index (χ1v) is 6.67. The highest BCUT2D eigenvalue weighted by Crippen LogP contribution is 2.23. The van der Waals surface area contributed by atoms with Crippen LogP contribution in [0.4, 0.5) is 0 Å². The Morgan fingerprint density at radius 1 is 1.26 bits per heavy atom. The van der Waals surface area contributed by atoms with E-state index in [-0.39, 0.29) is 24.2 Å². The molecule has 102 valence electrons. The number of hydrogen-bond acceptors (Lipinski definition) is 5. The Morgan fingerprint density at radius 3 is 2.84 bits per heavy atom. The number of hydrogen-bond donors (Lipinski definition) is 2. The van der Waals surface area contributed by atoms with E-state index in [1.54, 1.807) is 0 Å². The van der Waals surface area contributed by atoms with Gasteiger partial charge in [0.1, 0.15) is 12.1 Å². The van der Waals surface area contributed by atoms with Crippen molar-refractivity contribution in [3.05, 3.63) is 35.9 Å². The molecule has 2 saturated heterocycles. The van der Waals surface area contributed by atoms with Crippen LogP contribution in [0.1, 0.15) is 24.4 Å². The Kier molecular flexibility index (Phi) is 3.77. The van der Waals surface area contributed by atoms with Crippen LogP contribution in [-0.4, -0.2) is 31.3 Å². The zero-order valence-corrected chi connectivity index (χ0v) is 10.7. The largest absolute Gasteiger partial charge is 0.459 e. The van der Waals surface area contributed by atoms with Gasteiger partial charge in [0, 0.05) is 12.5 Å². The van der Waals surface area contributed by atoms with Crippen molar-refractivity contribution in [1.29, 1.82) is 0 Å². The summed E-state index contributed by atoms with van der Waals surface area (Å²) in [6, 6.07) is 9.95. The second-order valence-electron chi connectivity index (χ2n) is 4.96. The smallest absolute Gasteiger partial charge is 0.324 e. The molecular formula is C14H18N2O3. The van der Waals surface area contributed by atoms with Crippen LogP contribution in [0.15, 0.2) is 30.3 Å². The Hall–Kier alpha value is -1.43. The lowest BCUT2D eigenvalue weighted by Gasteiger charge is -2.13. The lowest BCUT2D eigenvalue weighted by Crippen LogP contribution is -2.39. The van der Waals surface area contributed by atoms with E-state index in [1.807, 2.05) is 18.2 Å². The number of benzene rings is 1. The number of hydrazine groups is 1. The first kappa shape index (κ1) is 12.6. The average molecular weight is 262 g/mol. The fraction of sp³-hybridized carbons (Fsp3) is 0.500. The Balaban J connectivity index is 1.55. The van der Waals surface area contributed by atoms with Crippen molar-refractivity contribution in [2.45, 2.75) is 31.0 Å². The third-order valence-corrected chi connectivity index (χ3v) is 3.56. The molecule has 5 heteroatoms. The first-order valence-electron chi connectivity index (χ1n) is 6.67. The van der Waals surface area contributed by atoms with E-state index >= 15 is 0 Å². The second kappa shape index (κ2) is 5.69. The summed E-state index contributed by atoms with van der Waals surface area (Å²) in [6.07, 6.45) is 1.43. The molecule has 0 saturated carbocycles. The monoisotopic (exact) mass is 262 g/mol. The molecule has 1 aromatic rings. The van der Waals surface area contributed by atoms with Gasteiger partial charge >= 0.3 is 5.97 Å². The van der Waals surface area contributed by atoms with E-state index in [1.165, 1.54) is 5.56 Å².